The van der Waals surface area contributed by atoms with Crippen LogP contribution < -0.4 is 14.4 Å². The first-order valence-electron chi connectivity index (χ1n) is 13.3. The average molecular weight is 586 g/mol. The predicted molar refractivity (Wildman–Crippen MR) is 158 cm³/mol. The second-order valence-electron chi connectivity index (χ2n) is 9.11. The van der Waals surface area contributed by atoms with Crippen LogP contribution in [0.4, 0.5) is 5.69 Å². The molecule has 0 fully saturated rings. The van der Waals surface area contributed by atoms with Gasteiger partial charge in [0, 0.05) is 18.1 Å². The van der Waals surface area contributed by atoms with Gasteiger partial charge in [0.2, 0.25) is 11.8 Å². The molecule has 8 nitrogen and oxygen atoms in total. The van der Waals surface area contributed by atoms with E-state index >= 15 is 0 Å². The van der Waals surface area contributed by atoms with Gasteiger partial charge in [-0.3, -0.25) is 13.9 Å². The van der Waals surface area contributed by atoms with Crippen LogP contribution in [0.1, 0.15) is 39.2 Å². The molecule has 0 bridgehead atoms. The number of rotatable bonds is 14. The molecule has 214 valence electrons. The van der Waals surface area contributed by atoms with Crippen LogP contribution in [-0.2, 0) is 26.2 Å². The maximum absolute atomic E-state index is 14.0. The Kier molecular flexibility index (Phi) is 11.4. The molecule has 0 unspecified atom stereocenters. The molecule has 1 atom stereocenters. The smallest absolute Gasteiger partial charge is 0.264 e. The molecule has 1 N–H and O–H groups in total. The van der Waals surface area contributed by atoms with Crippen molar-refractivity contribution >= 4 is 39.1 Å². The van der Waals surface area contributed by atoms with Crippen molar-refractivity contribution in [1.29, 1.82) is 0 Å². The van der Waals surface area contributed by atoms with Gasteiger partial charge < -0.3 is 15.0 Å². The summed E-state index contributed by atoms with van der Waals surface area (Å²) in [6.07, 6.45) is 1.10. The summed E-state index contributed by atoms with van der Waals surface area (Å²) in [7, 11) is -4.15. The third-order valence-corrected chi connectivity index (χ3v) is 8.29. The molecule has 0 radical (unpaired) electrons. The van der Waals surface area contributed by atoms with E-state index in [1.165, 1.54) is 17.0 Å². The molecule has 0 saturated heterocycles. The van der Waals surface area contributed by atoms with Gasteiger partial charge in [-0.2, -0.15) is 0 Å². The van der Waals surface area contributed by atoms with Gasteiger partial charge in [-0.25, -0.2) is 8.42 Å². The average Bonchev–Trinajstić information content (AvgIpc) is 2.96. The fourth-order valence-corrected chi connectivity index (χ4v) is 5.74. The fraction of sp³-hybridized carbons (Fsp3) is 0.333. The van der Waals surface area contributed by atoms with E-state index in [4.69, 9.17) is 16.3 Å². The molecular weight excluding hydrogens is 550 g/mol. The van der Waals surface area contributed by atoms with E-state index in [9.17, 15) is 18.0 Å². The minimum atomic E-state index is -4.15. The zero-order valence-corrected chi connectivity index (χ0v) is 24.6. The minimum absolute atomic E-state index is 0.0181. The van der Waals surface area contributed by atoms with Crippen molar-refractivity contribution in [2.45, 2.75) is 51.1 Å². The van der Waals surface area contributed by atoms with E-state index in [-0.39, 0.29) is 17.3 Å². The van der Waals surface area contributed by atoms with Gasteiger partial charge in [-0.1, -0.05) is 55.8 Å². The molecule has 10 heteroatoms. The topological polar surface area (TPSA) is 96.0 Å². The second kappa shape index (κ2) is 14.7. The Balaban J connectivity index is 2.01. The Morgan fingerprint density at radius 2 is 1.57 bits per heavy atom. The number of ether oxygens (including phenoxy) is 1. The SMILES string of the molecule is CCCNC(=O)[C@H](CC)N(Cc1ccc(Cl)cc1)C(=O)CN(c1ccccc1)S(=O)(=O)c1ccc(OCC)cc1. The van der Waals surface area contributed by atoms with Crippen LogP contribution in [0.3, 0.4) is 0 Å². The van der Waals surface area contributed by atoms with Crippen LogP contribution in [0.25, 0.3) is 0 Å². The quantitative estimate of drug-likeness (QED) is 0.278. The summed E-state index contributed by atoms with van der Waals surface area (Å²) in [5.41, 5.74) is 1.10. The number of halogens is 1. The first-order valence-corrected chi connectivity index (χ1v) is 15.1. The maximum Gasteiger partial charge on any atom is 0.264 e. The van der Waals surface area contributed by atoms with E-state index in [2.05, 4.69) is 5.32 Å². The van der Waals surface area contributed by atoms with Crippen molar-refractivity contribution in [3.63, 3.8) is 0 Å². The number of carbonyl (C=O) groups is 2. The van der Waals surface area contributed by atoms with Crippen LogP contribution in [-0.4, -0.2) is 50.9 Å². The highest BCUT2D eigenvalue weighted by Gasteiger charge is 2.33. The van der Waals surface area contributed by atoms with Gasteiger partial charge >= 0.3 is 0 Å². The molecule has 3 rings (SSSR count). The van der Waals surface area contributed by atoms with E-state index in [0.29, 0.717) is 36.0 Å². The summed E-state index contributed by atoms with van der Waals surface area (Å²) in [4.78, 5) is 28.6. The molecule has 0 aliphatic heterocycles. The van der Waals surface area contributed by atoms with Gasteiger partial charge in [0.25, 0.3) is 10.0 Å². The zero-order chi connectivity index (χ0) is 29.1. The van der Waals surface area contributed by atoms with Crippen molar-refractivity contribution < 1.29 is 22.7 Å². The van der Waals surface area contributed by atoms with Gasteiger partial charge in [0.1, 0.15) is 18.3 Å². The number of nitrogens with one attached hydrogen (secondary N) is 1. The van der Waals surface area contributed by atoms with E-state index in [0.717, 1.165) is 16.3 Å². The summed E-state index contributed by atoms with van der Waals surface area (Å²) in [6.45, 7) is 6.15. The van der Waals surface area contributed by atoms with E-state index < -0.39 is 28.5 Å². The molecule has 0 spiro atoms. The monoisotopic (exact) mass is 585 g/mol. The number of benzene rings is 3. The lowest BCUT2D eigenvalue weighted by Gasteiger charge is -2.33. The molecule has 40 heavy (non-hydrogen) atoms. The summed E-state index contributed by atoms with van der Waals surface area (Å²) in [6, 6.07) is 20.7. The molecule has 0 saturated carbocycles. The fourth-order valence-electron chi connectivity index (χ4n) is 4.20. The lowest BCUT2D eigenvalue weighted by Crippen LogP contribution is -2.52. The first kappa shape index (κ1) is 31.0. The largest absolute Gasteiger partial charge is 0.494 e. The number of anilines is 1. The molecule has 0 heterocycles. The lowest BCUT2D eigenvalue weighted by atomic mass is 10.1. The number of hydrogen-bond donors (Lipinski definition) is 1. The highest BCUT2D eigenvalue weighted by molar-refractivity contribution is 7.92. The normalized spacial score (nSPS) is 11.9. The van der Waals surface area contributed by atoms with Crippen molar-refractivity contribution in [2.75, 3.05) is 24.0 Å². The maximum atomic E-state index is 14.0. The highest BCUT2D eigenvalue weighted by atomic mass is 35.5. The summed E-state index contributed by atoms with van der Waals surface area (Å²) in [5.74, 6) is -0.249. The number of amides is 2. The second-order valence-corrected chi connectivity index (χ2v) is 11.4. The van der Waals surface area contributed by atoms with Gasteiger partial charge in [-0.05, 0) is 73.9 Å². The molecule has 0 aliphatic carbocycles. The van der Waals surface area contributed by atoms with Crippen molar-refractivity contribution in [2.24, 2.45) is 0 Å². The van der Waals surface area contributed by atoms with Crippen LogP contribution >= 0.6 is 11.6 Å². The van der Waals surface area contributed by atoms with Crippen molar-refractivity contribution in [1.82, 2.24) is 10.2 Å². The summed E-state index contributed by atoms with van der Waals surface area (Å²) in [5, 5.41) is 3.42. The number of sulfonamides is 1. The Labute approximate surface area is 241 Å². The molecule has 3 aromatic carbocycles. The molecule has 2 amide bonds. The summed E-state index contributed by atoms with van der Waals surface area (Å²) < 4.78 is 34.3. The third kappa shape index (κ3) is 7.99. The van der Waals surface area contributed by atoms with Crippen molar-refractivity contribution in [3.8, 4) is 5.75 Å². The van der Waals surface area contributed by atoms with Crippen LogP contribution in [0, 0.1) is 0 Å². The molecule has 0 aliphatic rings. The van der Waals surface area contributed by atoms with E-state index in [1.807, 2.05) is 20.8 Å². The van der Waals surface area contributed by atoms with Gasteiger partial charge in [-0.15, -0.1) is 0 Å². The first-order chi connectivity index (χ1) is 19.2. The van der Waals surface area contributed by atoms with Crippen molar-refractivity contribution in [3.05, 3.63) is 89.4 Å². The number of hydrogen-bond acceptors (Lipinski definition) is 5. The van der Waals surface area contributed by atoms with Gasteiger partial charge in [0.05, 0.1) is 17.2 Å². The standard InChI is InChI=1S/C30H36ClN3O5S/c1-4-20-32-30(36)28(5-2)33(21-23-12-14-24(31)15-13-23)29(35)22-34(25-10-8-7-9-11-25)40(37,38)27-18-16-26(17-19-27)39-6-3/h7-19,28H,4-6,20-22H2,1-3H3,(H,32,36)/t28-/m0/s1. The third-order valence-electron chi connectivity index (χ3n) is 6.25. The predicted octanol–water partition coefficient (Wildman–Crippen LogP) is 5.27. The van der Waals surface area contributed by atoms with Crippen LogP contribution in [0.15, 0.2) is 83.8 Å². The lowest BCUT2D eigenvalue weighted by molar-refractivity contribution is -0.140. The number of nitrogens with zero attached hydrogens (tertiary/aromatic N) is 2. The van der Waals surface area contributed by atoms with Crippen LogP contribution in [0.5, 0.6) is 5.75 Å². The van der Waals surface area contributed by atoms with Crippen LogP contribution in [0.2, 0.25) is 5.02 Å². The number of carbonyl (C=O) groups excluding carboxylic acids is 2. The zero-order valence-electron chi connectivity index (χ0n) is 23.0. The Morgan fingerprint density at radius 1 is 0.925 bits per heavy atom. The molecule has 0 aromatic heterocycles. The minimum Gasteiger partial charge on any atom is -0.494 e. The van der Waals surface area contributed by atoms with E-state index in [1.54, 1.807) is 66.7 Å². The number of para-hydroxylation sites is 1. The van der Waals surface area contributed by atoms with Gasteiger partial charge in [0.15, 0.2) is 0 Å². The molecule has 3 aromatic rings. The molecular formula is C30H36ClN3O5S. The summed E-state index contributed by atoms with van der Waals surface area (Å²) >= 11 is 6.05. The Bertz CT molecular complexity index is 1350. The Morgan fingerprint density at radius 3 is 2.15 bits per heavy atom. The highest BCUT2D eigenvalue weighted by Crippen LogP contribution is 2.26. The Hall–Kier alpha value is -3.56.